The van der Waals surface area contributed by atoms with E-state index in [9.17, 15) is 9.59 Å². The van der Waals surface area contributed by atoms with Crippen molar-refractivity contribution in [3.63, 3.8) is 0 Å². The molecule has 0 saturated heterocycles. The van der Waals surface area contributed by atoms with Crippen LogP contribution in [0, 0.1) is 5.92 Å². The van der Waals surface area contributed by atoms with E-state index < -0.39 is 17.8 Å². The molecule has 1 amide bonds. The van der Waals surface area contributed by atoms with Crippen LogP contribution in [0.4, 0.5) is 0 Å². The van der Waals surface area contributed by atoms with Gasteiger partial charge in [-0.15, -0.1) is 5.10 Å². The molecule has 0 bridgehead atoms. The van der Waals surface area contributed by atoms with Crippen molar-refractivity contribution in [1.82, 2.24) is 19.7 Å². The summed E-state index contributed by atoms with van der Waals surface area (Å²) in [6.45, 7) is 5.40. The molecule has 0 saturated carbocycles. The van der Waals surface area contributed by atoms with Gasteiger partial charge >= 0.3 is 5.97 Å². The second kappa shape index (κ2) is 8.05. The third-order valence-corrected chi connectivity index (χ3v) is 4.42. The van der Waals surface area contributed by atoms with E-state index >= 15 is 0 Å². The van der Waals surface area contributed by atoms with Gasteiger partial charge in [0.25, 0.3) is 5.91 Å². The molecule has 7 nitrogen and oxygen atoms in total. The number of benzene rings is 1. The standard InChI is InChI=1S/C17H20Cl2N4O3/c1-9(2)15-20-14(16(24)22(4)8-10(3)17(25)26)21-23(15)13-11(18)6-5-7-12(13)19/h5-7,9-10H,8H2,1-4H3,(H,25,26). The number of aromatic nitrogens is 3. The van der Waals surface area contributed by atoms with E-state index in [1.165, 1.54) is 23.6 Å². The van der Waals surface area contributed by atoms with Crippen LogP contribution < -0.4 is 0 Å². The second-order valence-corrected chi connectivity index (χ2v) is 7.17. The molecule has 1 unspecified atom stereocenters. The van der Waals surface area contributed by atoms with Crippen molar-refractivity contribution in [3.05, 3.63) is 39.9 Å². The Morgan fingerprint density at radius 1 is 1.23 bits per heavy atom. The Balaban J connectivity index is 2.44. The van der Waals surface area contributed by atoms with E-state index in [0.29, 0.717) is 21.6 Å². The van der Waals surface area contributed by atoms with Gasteiger partial charge in [-0.3, -0.25) is 9.59 Å². The van der Waals surface area contributed by atoms with Gasteiger partial charge in [-0.2, -0.15) is 0 Å². The third kappa shape index (κ3) is 4.16. The van der Waals surface area contributed by atoms with Crippen molar-refractivity contribution in [2.24, 2.45) is 5.92 Å². The van der Waals surface area contributed by atoms with Gasteiger partial charge in [-0.05, 0) is 12.1 Å². The highest BCUT2D eigenvalue weighted by Gasteiger charge is 2.25. The summed E-state index contributed by atoms with van der Waals surface area (Å²) in [4.78, 5) is 29.2. The maximum atomic E-state index is 12.6. The van der Waals surface area contributed by atoms with Crippen LogP contribution in [0.1, 0.15) is 43.1 Å². The van der Waals surface area contributed by atoms with Gasteiger partial charge in [0.2, 0.25) is 5.82 Å². The number of nitrogens with zero attached hydrogens (tertiary/aromatic N) is 4. The van der Waals surface area contributed by atoms with Gasteiger partial charge in [0.15, 0.2) is 0 Å². The van der Waals surface area contributed by atoms with Crippen LogP contribution in [0.25, 0.3) is 5.69 Å². The number of carbonyl (C=O) groups is 2. The van der Waals surface area contributed by atoms with E-state index in [4.69, 9.17) is 28.3 Å². The number of hydrogen-bond acceptors (Lipinski definition) is 4. The monoisotopic (exact) mass is 398 g/mol. The normalized spacial score (nSPS) is 12.3. The molecule has 0 spiro atoms. The van der Waals surface area contributed by atoms with Crippen LogP contribution in [0.3, 0.4) is 0 Å². The minimum atomic E-state index is -0.978. The molecule has 0 aliphatic rings. The van der Waals surface area contributed by atoms with Crippen molar-refractivity contribution in [2.75, 3.05) is 13.6 Å². The molecule has 2 aromatic rings. The summed E-state index contributed by atoms with van der Waals surface area (Å²) in [5, 5.41) is 14.1. The lowest BCUT2D eigenvalue weighted by Crippen LogP contribution is -2.34. The summed E-state index contributed by atoms with van der Waals surface area (Å²) in [5.74, 6) is -1.70. The van der Waals surface area contributed by atoms with Crippen LogP contribution in [0.5, 0.6) is 0 Å². The first-order valence-electron chi connectivity index (χ1n) is 8.03. The summed E-state index contributed by atoms with van der Waals surface area (Å²) in [6.07, 6.45) is 0. The molecule has 0 fully saturated rings. The molecular formula is C17H20Cl2N4O3. The Kier molecular flexibility index (Phi) is 6.26. The quantitative estimate of drug-likeness (QED) is 0.804. The van der Waals surface area contributed by atoms with Crippen LogP contribution in [0.2, 0.25) is 10.0 Å². The number of carboxylic acids is 1. The molecule has 0 radical (unpaired) electrons. The van der Waals surface area contributed by atoms with Crippen LogP contribution in [0.15, 0.2) is 18.2 Å². The molecule has 140 valence electrons. The van der Waals surface area contributed by atoms with Gasteiger partial charge in [0, 0.05) is 19.5 Å². The topological polar surface area (TPSA) is 88.3 Å². The molecule has 1 heterocycles. The van der Waals surface area contributed by atoms with Gasteiger partial charge in [0.05, 0.1) is 16.0 Å². The number of amides is 1. The Labute approximate surface area is 161 Å². The number of carboxylic acid groups (broad SMARTS) is 1. The zero-order valence-corrected chi connectivity index (χ0v) is 16.4. The predicted octanol–water partition coefficient (Wildman–Crippen LogP) is 3.49. The molecule has 2 rings (SSSR count). The molecule has 0 aliphatic heterocycles. The third-order valence-electron chi connectivity index (χ3n) is 3.81. The van der Waals surface area contributed by atoms with Gasteiger partial charge in [-0.1, -0.05) is 50.0 Å². The van der Waals surface area contributed by atoms with E-state index in [0.717, 1.165) is 0 Å². The van der Waals surface area contributed by atoms with Crippen LogP contribution >= 0.6 is 23.2 Å². The van der Waals surface area contributed by atoms with Crippen molar-refractivity contribution < 1.29 is 14.7 Å². The van der Waals surface area contributed by atoms with Crippen molar-refractivity contribution >= 4 is 35.1 Å². The SMILES string of the molecule is CC(CN(C)C(=O)c1nc(C(C)C)n(-c2c(Cl)cccc2Cl)n1)C(=O)O. The first-order valence-corrected chi connectivity index (χ1v) is 8.78. The van der Waals surface area contributed by atoms with E-state index in [-0.39, 0.29) is 18.3 Å². The highest BCUT2D eigenvalue weighted by Crippen LogP contribution is 2.30. The Morgan fingerprint density at radius 3 is 2.31 bits per heavy atom. The number of hydrogen-bond donors (Lipinski definition) is 1. The predicted molar refractivity (Wildman–Crippen MR) is 99.2 cm³/mol. The number of aliphatic carboxylic acids is 1. The van der Waals surface area contributed by atoms with Crippen molar-refractivity contribution in [2.45, 2.75) is 26.7 Å². The summed E-state index contributed by atoms with van der Waals surface area (Å²) in [5.41, 5.74) is 0.452. The number of para-hydroxylation sites is 1. The highest BCUT2D eigenvalue weighted by atomic mass is 35.5. The van der Waals surface area contributed by atoms with E-state index in [2.05, 4.69) is 10.1 Å². The number of halogens is 2. The minimum Gasteiger partial charge on any atom is -0.481 e. The summed E-state index contributed by atoms with van der Waals surface area (Å²) in [6, 6.07) is 5.07. The molecule has 26 heavy (non-hydrogen) atoms. The number of carbonyl (C=O) groups excluding carboxylic acids is 1. The first-order chi connectivity index (χ1) is 12.1. The van der Waals surface area contributed by atoms with Crippen LogP contribution in [-0.2, 0) is 4.79 Å². The van der Waals surface area contributed by atoms with Gasteiger partial charge < -0.3 is 10.0 Å². The Bertz CT molecular complexity index is 815. The van der Waals surface area contributed by atoms with Gasteiger partial charge in [-0.25, -0.2) is 9.67 Å². The fourth-order valence-electron chi connectivity index (χ4n) is 2.39. The molecule has 1 atom stereocenters. The lowest BCUT2D eigenvalue weighted by Gasteiger charge is -2.17. The average Bonchev–Trinajstić information content (AvgIpc) is 2.98. The minimum absolute atomic E-state index is 0.0372. The lowest BCUT2D eigenvalue weighted by molar-refractivity contribution is -0.141. The van der Waals surface area contributed by atoms with E-state index in [1.54, 1.807) is 18.2 Å². The fourth-order valence-corrected chi connectivity index (χ4v) is 2.94. The molecule has 1 aromatic carbocycles. The highest BCUT2D eigenvalue weighted by molar-refractivity contribution is 6.37. The maximum absolute atomic E-state index is 12.6. The van der Waals surface area contributed by atoms with E-state index in [1.807, 2.05) is 13.8 Å². The Morgan fingerprint density at radius 2 is 1.81 bits per heavy atom. The summed E-state index contributed by atoms with van der Waals surface area (Å²) >= 11 is 12.5. The molecular weight excluding hydrogens is 379 g/mol. The largest absolute Gasteiger partial charge is 0.481 e. The molecule has 0 aliphatic carbocycles. The average molecular weight is 399 g/mol. The van der Waals surface area contributed by atoms with Crippen LogP contribution in [-0.4, -0.2) is 50.2 Å². The van der Waals surface area contributed by atoms with Gasteiger partial charge in [0.1, 0.15) is 11.5 Å². The molecule has 1 aromatic heterocycles. The Hall–Kier alpha value is -2.12. The second-order valence-electron chi connectivity index (χ2n) is 6.36. The fraction of sp³-hybridized carbons (Fsp3) is 0.412. The van der Waals surface area contributed by atoms with Crippen molar-refractivity contribution in [3.8, 4) is 5.69 Å². The summed E-state index contributed by atoms with van der Waals surface area (Å²) in [7, 11) is 1.51. The smallest absolute Gasteiger partial charge is 0.308 e. The van der Waals surface area contributed by atoms with Crippen molar-refractivity contribution in [1.29, 1.82) is 0 Å². The molecule has 1 N–H and O–H groups in total. The number of rotatable bonds is 6. The zero-order chi connectivity index (χ0) is 19.6. The first kappa shape index (κ1) is 20.2. The summed E-state index contributed by atoms with van der Waals surface area (Å²) < 4.78 is 1.47. The zero-order valence-electron chi connectivity index (χ0n) is 14.9. The maximum Gasteiger partial charge on any atom is 0.308 e. The lowest BCUT2D eigenvalue weighted by atomic mass is 10.2. The molecule has 9 heteroatoms.